The molecule has 2 saturated heterocycles. The number of likely N-dealkylation sites (tertiary alicyclic amines) is 2. The Kier molecular flexibility index (Phi) is 8.17. The maximum absolute atomic E-state index is 13.2. The van der Waals surface area contributed by atoms with Crippen LogP contribution in [0.3, 0.4) is 0 Å². The van der Waals surface area contributed by atoms with Crippen molar-refractivity contribution >= 4 is 17.6 Å². The second-order valence-electron chi connectivity index (χ2n) is 9.39. The monoisotopic (exact) mass is 503 g/mol. The number of alkyl halides is 3. The molecular formula is C25H32F3N7O. The molecule has 8 nitrogen and oxygen atoms in total. The Bertz CT molecular complexity index is 1040. The average Bonchev–Trinajstić information content (AvgIpc) is 2.88. The van der Waals surface area contributed by atoms with Gasteiger partial charge in [0.25, 0.3) is 0 Å². The number of nitrogens with two attached hydrogens (primary N) is 1. The summed E-state index contributed by atoms with van der Waals surface area (Å²) < 4.78 is 38.7. The second kappa shape index (κ2) is 11.3. The van der Waals surface area contributed by atoms with Crippen molar-refractivity contribution in [1.82, 2.24) is 24.8 Å². The van der Waals surface area contributed by atoms with E-state index in [0.717, 1.165) is 62.7 Å². The number of hydrogen-bond acceptors (Lipinski definition) is 7. The van der Waals surface area contributed by atoms with Crippen LogP contribution in [0.15, 0.2) is 35.7 Å². The number of pyridine rings is 1. The third-order valence-electron chi connectivity index (χ3n) is 6.94. The van der Waals surface area contributed by atoms with Gasteiger partial charge in [-0.05, 0) is 57.8 Å². The van der Waals surface area contributed by atoms with E-state index in [1.165, 1.54) is 12.3 Å². The minimum absolute atomic E-state index is 0.0170. The van der Waals surface area contributed by atoms with E-state index in [0.29, 0.717) is 25.2 Å². The number of halogens is 3. The Hall–Kier alpha value is -3.08. The van der Waals surface area contributed by atoms with Gasteiger partial charge in [-0.1, -0.05) is 0 Å². The lowest BCUT2D eigenvalue weighted by molar-refractivity contribution is -0.141. The zero-order chi connectivity index (χ0) is 25.7. The number of aromatic nitrogens is 3. The standard InChI is InChI=1S/C25H32F3N7O/c1-2-30-22(20-3-4-21(31-15-20)25(26,27)28)18-7-11-35(12-8-18)23(36)19-5-9-34(10-6-19)16-17-13-32-24(29)33-14-17/h3-4,13-15,18-19H,2,5-12,16H2,1H3,(H2,29,32,33)/b30-22-. The van der Waals surface area contributed by atoms with Crippen molar-refractivity contribution in [3.63, 3.8) is 0 Å². The summed E-state index contributed by atoms with van der Waals surface area (Å²) >= 11 is 0. The largest absolute Gasteiger partial charge is 0.433 e. The Morgan fingerprint density at radius 2 is 1.64 bits per heavy atom. The number of aliphatic imine (C=N–C) groups is 1. The number of hydrogen-bond donors (Lipinski definition) is 1. The lowest BCUT2D eigenvalue weighted by atomic mass is 9.87. The molecule has 4 rings (SSSR count). The number of carbonyl (C=O) groups is 1. The maximum Gasteiger partial charge on any atom is 0.433 e. The van der Waals surface area contributed by atoms with E-state index in [1.54, 1.807) is 12.4 Å². The maximum atomic E-state index is 13.2. The smallest absolute Gasteiger partial charge is 0.368 e. The second-order valence-corrected chi connectivity index (χ2v) is 9.39. The molecule has 11 heteroatoms. The SMILES string of the molecule is CC/N=C(\c1ccc(C(F)(F)F)nc1)C1CCN(C(=O)C2CCN(Cc3cnc(N)nc3)CC2)CC1. The van der Waals surface area contributed by atoms with Crippen LogP contribution in [-0.4, -0.2) is 69.1 Å². The van der Waals surface area contributed by atoms with Crippen LogP contribution in [0.4, 0.5) is 19.1 Å². The topological polar surface area (TPSA) is 101 Å². The first kappa shape index (κ1) is 26.0. The molecular weight excluding hydrogens is 471 g/mol. The summed E-state index contributed by atoms with van der Waals surface area (Å²) in [5, 5.41) is 0. The van der Waals surface area contributed by atoms with Gasteiger partial charge >= 0.3 is 6.18 Å². The average molecular weight is 504 g/mol. The molecule has 2 aromatic rings. The zero-order valence-electron chi connectivity index (χ0n) is 20.4. The number of anilines is 1. The highest BCUT2D eigenvalue weighted by atomic mass is 19.4. The summed E-state index contributed by atoms with van der Waals surface area (Å²) in [4.78, 5) is 33.7. The molecule has 2 aliphatic rings. The lowest BCUT2D eigenvalue weighted by Gasteiger charge is -2.37. The third-order valence-corrected chi connectivity index (χ3v) is 6.94. The van der Waals surface area contributed by atoms with Gasteiger partial charge in [-0.2, -0.15) is 13.2 Å². The normalized spacial score (nSPS) is 19.0. The van der Waals surface area contributed by atoms with Crippen LogP contribution in [0.1, 0.15) is 49.4 Å². The Morgan fingerprint density at radius 3 is 2.19 bits per heavy atom. The molecule has 0 aliphatic carbocycles. The van der Waals surface area contributed by atoms with Crippen molar-refractivity contribution in [2.24, 2.45) is 16.8 Å². The fourth-order valence-corrected chi connectivity index (χ4v) is 5.01. The first-order chi connectivity index (χ1) is 17.2. The Morgan fingerprint density at radius 1 is 1.00 bits per heavy atom. The van der Waals surface area contributed by atoms with Gasteiger partial charge in [0.05, 0.1) is 0 Å². The number of amides is 1. The van der Waals surface area contributed by atoms with E-state index in [-0.39, 0.29) is 23.7 Å². The van der Waals surface area contributed by atoms with Crippen LogP contribution in [0.5, 0.6) is 0 Å². The first-order valence-electron chi connectivity index (χ1n) is 12.4. The van der Waals surface area contributed by atoms with Crippen LogP contribution in [0, 0.1) is 11.8 Å². The summed E-state index contributed by atoms with van der Waals surface area (Å²) in [6.07, 6.45) is 3.37. The van der Waals surface area contributed by atoms with E-state index in [2.05, 4.69) is 24.8 Å². The highest BCUT2D eigenvalue weighted by Gasteiger charge is 2.34. The molecule has 194 valence electrons. The van der Waals surface area contributed by atoms with Crippen LogP contribution in [-0.2, 0) is 17.5 Å². The fraction of sp³-hybridized carbons (Fsp3) is 0.560. The quantitative estimate of drug-likeness (QED) is 0.607. The number of nitrogen functional groups attached to an aromatic ring is 1. The molecule has 0 spiro atoms. The number of piperidine rings is 2. The van der Waals surface area contributed by atoms with E-state index < -0.39 is 11.9 Å². The Balaban J connectivity index is 1.29. The molecule has 2 aliphatic heterocycles. The van der Waals surface area contributed by atoms with E-state index in [1.807, 2.05) is 11.8 Å². The van der Waals surface area contributed by atoms with Crippen LogP contribution >= 0.6 is 0 Å². The summed E-state index contributed by atoms with van der Waals surface area (Å²) in [7, 11) is 0. The van der Waals surface area contributed by atoms with Crippen molar-refractivity contribution in [2.45, 2.75) is 45.3 Å². The van der Waals surface area contributed by atoms with Crippen LogP contribution < -0.4 is 5.73 Å². The predicted octanol–water partition coefficient (Wildman–Crippen LogP) is 3.43. The number of nitrogens with zero attached hydrogens (tertiary/aromatic N) is 6. The molecule has 0 bridgehead atoms. The van der Waals surface area contributed by atoms with Gasteiger partial charge in [-0.25, -0.2) is 9.97 Å². The molecule has 0 aromatic carbocycles. The summed E-state index contributed by atoms with van der Waals surface area (Å²) in [6, 6.07) is 2.46. The number of carbonyl (C=O) groups excluding carboxylic acids is 1. The summed E-state index contributed by atoms with van der Waals surface area (Å²) in [5.74, 6) is 0.574. The number of rotatable bonds is 6. The van der Waals surface area contributed by atoms with Crippen molar-refractivity contribution in [3.8, 4) is 0 Å². The molecule has 36 heavy (non-hydrogen) atoms. The van der Waals surface area contributed by atoms with Gasteiger partial charge in [0.15, 0.2) is 0 Å². The van der Waals surface area contributed by atoms with E-state index in [9.17, 15) is 18.0 Å². The van der Waals surface area contributed by atoms with Crippen molar-refractivity contribution in [3.05, 3.63) is 47.5 Å². The molecule has 0 radical (unpaired) electrons. The molecule has 2 N–H and O–H groups in total. The van der Waals surface area contributed by atoms with Crippen molar-refractivity contribution in [2.75, 3.05) is 38.5 Å². The molecule has 0 atom stereocenters. The Labute approximate surface area is 208 Å². The molecule has 4 heterocycles. The predicted molar refractivity (Wildman–Crippen MR) is 130 cm³/mol. The van der Waals surface area contributed by atoms with Crippen molar-refractivity contribution < 1.29 is 18.0 Å². The third kappa shape index (κ3) is 6.37. The van der Waals surface area contributed by atoms with Gasteiger partial charge in [0.2, 0.25) is 11.9 Å². The fourth-order valence-electron chi connectivity index (χ4n) is 5.01. The van der Waals surface area contributed by atoms with E-state index >= 15 is 0 Å². The van der Waals surface area contributed by atoms with Gasteiger partial charge in [0, 0.05) is 73.4 Å². The lowest BCUT2D eigenvalue weighted by Crippen LogP contribution is -2.46. The molecule has 0 saturated carbocycles. The summed E-state index contributed by atoms with van der Waals surface area (Å²) in [6.45, 7) is 6.12. The van der Waals surface area contributed by atoms with Gasteiger partial charge in [-0.3, -0.25) is 19.7 Å². The van der Waals surface area contributed by atoms with Gasteiger partial charge in [-0.15, -0.1) is 0 Å². The molecule has 0 unspecified atom stereocenters. The first-order valence-corrected chi connectivity index (χ1v) is 12.4. The van der Waals surface area contributed by atoms with Gasteiger partial charge in [0.1, 0.15) is 5.69 Å². The minimum Gasteiger partial charge on any atom is -0.368 e. The molecule has 2 aromatic heterocycles. The highest BCUT2D eigenvalue weighted by Crippen LogP contribution is 2.29. The van der Waals surface area contributed by atoms with Crippen LogP contribution in [0.2, 0.25) is 0 Å². The minimum atomic E-state index is -4.47. The van der Waals surface area contributed by atoms with E-state index in [4.69, 9.17) is 5.73 Å². The highest BCUT2D eigenvalue weighted by molar-refractivity contribution is 6.02. The summed E-state index contributed by atoms with van der Waals surface area (Å²) in [5.41, 5.74) is 7.05. The van der Waals surface area contributed by atoms with Gasteiger partial charge < -0.3 is 10.6 Å². The molecule has 2 fully saturated rings. The zero-order valence-corrected chi connectivity index (χ0v) is 20.4. The van der Waals surface area contributed by atoms with Crippen molar-refractivity contribution in [1.29, 1.82) is 0 Å². The molecule has 1 amide bonds. The van der Waals surface area contributed by atoms with Crippen LogP contribution in [0.25, 0.3) is 0 Å².